The number of ether oxygens (including phenoxy) is 1. The predicted molar refractivity (Wildman–Crippen MR) is 102 cm³/mol. The van der Waals surface area contributed by atoms with Gasteiger partial charge in [0.05, 0.1) is 13.2 Å². The van der Waals surface area contributed by atoms with Gasteiger partial charge in [-0.2, -0.15) is 0 Å². The third-order valence-corrected chi connectivity index (χ3v) is 5.26. The Labute approximate surface area is 160 Å². The number of amides is 1. The van der Waals surface area contributed by atoms with Gasteiger partial charge in [0.1, 0.15) is 11.8 Å². The number of carboxylic acids is 1. The number of piperazine rings is 1. The molecule has 0 saturated carbocycles. The van der Waals surface area contributed by atoms with E-state index in [0.29, 0.717) is 19.5 Å². The summed E-state index contributed by atoms with van der Waals surface area (Å²) in [7, 11) is 0. The number of aliphatic carboxylic acids is 1. The van der Waals surface area contributed by atoms with E-state index in [2.05, 4.69) is 28.4 Å². The number of carbonyl (C=O) groups is 2. The van der Waals surface area contributed by atoms with E-state index in [9.17, 15) is 9.59 Å². The van der Waals surface area contributed by atoms with Gasteiger partial charge in [0.15, 0.2) is 0 Å². The average Bonchev–Trinajstić information content (AvgIpc) is 3.13. The van der Waals surface area contributed by atoms with Crippen molar-refractivity contribution in [2.75, 3.05) is 39.3 Å². The number of carbonyl (C=O) groups excluding carboxylic acids is 1. The van der Waals surface area contributed by atoms with Crippen LogP contribution >= 0.6 is 0 Å². The van der Waals surface area contributed by atoms with Crippen LogP contribution in [0.4, 0.5) is 0 Å². The Hall–Kier alpha value is -2.12. The first-order valence-corrected chi connectivity index (χ1v) is 9.77. The molecule has 0 aromatic heterocycles. The van der Waals surface area contributed by atoms with Gasteiger partial charge in [0.25, 0.3) is 0 Å². The molecule has 1 fully saturated rings. The van der Waals surface area contributed by atoms with E-state index in [1.165, 1.54) is 11.1 Å². The third-order valence-electron chi connectivity index (χ3n) is 5.26. The summed E-state index contributed by atoms with van der Waals surface area (Å²) >= 11 is 0. The minimum atomic E-state index is -0.894. The van der Waals surface area contributed by atoms with Gasteiger partial charge >= 0.3 is 5.97 Å². The Balaban J connectivity index is 1.43. The normalized spacial score (nSPS) is 18.0. The molecular formula is C20H29N3O4. The number of hydrogen-bond acceptors (Lipinski definition) is 5. The highest BCUT2D eigenvalue weighted by Crippen LogP contribution is 2.26. The lowest BCUT2D eigenvalue weighted by Gasteiger charge is -2.35. The van der Waals surface area contributed by atoms with Crippen molar-refractivity contribution >= 4 is 11.9 Å². The molecule has 0 bridgehead atoms. The van der Waals surface area contributed by atoms with Crippen molar-refractivity contribution in [1.82, 2.24) is 15.1 Å². The first-order valence-electron chi connectivity index (χ1n) is 9.77. The second kappa shape index (κ2) is 9.19. The van der Waals surface area contributed by atoms with Crippen molar-refractivity contribution in [3.63, 3.8) is 0 Å². The Morgan fingerprint density at radius 3 is 2.74 bits per heavy atom. The minimum Gasteiger partial charge on any atom is -0.493 e. The van der Waals surface area contributed by atoms with Gasteiger partial charge in [-0.1, -0.05) is 25.5 Å². The molecule has 27 heavy (non-hydrogen) atoms. The van der Waals surface area contributed by atoms with E-state index >= 15 is 0 Å². The van der Waals surface area contributed by atoms with Crippen LogP contribution in [-0.2, 0) is 22.6 Å². The Kier molecular flexibility index (Phi) is 6.68. The third kappa shape index (κ3) is 5.20. The molecule has 7 nitrogen and oxygen atoms in total. The molecule has 1 saturated heterocycles. The van der Waals surface area contributed by atoms with E-state index in [1.807, 2.05) is 11.8 Å². The number of fused-ring (bicyclic) bond motifs is 1. The van der Waals surface area contributed by atoms with Crippen molar-refractivity contribution < 1.29 is 19.4 Å². The summed E-state index contributed by atoms with van der Waals surface area (Å²) in [6.07, 6.45) is 2.28. The number of benzene rings is 1. The number of nitrogens with one attached hydrogen (secondary N) is 1. The zero-order valence-corrected chi connectivity index (χ0v) is 15.9. The van der Waals surface area contributed by atoms with Crippen LogP contribution in [0.5, 0.6) is 5.75 Å². The topological polar surface area (TPSA) is 82.1 Å². The molecule has 3 rings (SSSR count). The fourth-order valence-corrected chi connectivity index (χ4v) is 3.68. The molecule has 0 radical (unpaired) electrons. The monoisotopic (exact) mass is 375 g/mol. The molecule has 1 amide bonds. The van der Waals surface area contributed by atoms with Crippen molar-refractivity contribution in [1.29, 1.82) is 0 Å². The van der Waals surface area contributed by atoms with Gasteiger partial charge in [0, 0.05) is 39.1 Å². The summed E-state index contributed by atoms with van der Waals surface area (Å²) in [6.45, 7) is 6.70. The maximum absolute atomic E-state index is 12.4. The van der Waals surface area contributed by atoms with Crippen LogP contribution in [-0.4, -0.2) is 72.2 Å². The second-order valence-corrected chi connectivity index (χ2v) is 7.26. The van der Waals surface area contributed by atoms with Gasteiger partial charge in [-0.25, -0.2) is 0 Å². The molecule has 2 aliphatic heterocycles. The molecule has 2 heterocycles. The maximum Gasteiger partial charge on any atom is 0.320 e. The molecule has 1 aromatic carbocycles. The summed E-state index contributed by atoms with van der Waals surface area (Å²) in [4.78, 5) is 27.7. The number of carboxylic acid groups (broad SMARTS) is 1. The van der Waals surface area contributed by atoms with Gasteiger partial charge in [0.2, 0.25) is 5.91 Å². The fourth-order valence-electron chi connectivity index (χ4n) is 3.68. The zero-order chi connectivity index (χ0) is 19.2. The highest BCUT2D eigenvalue weighted by Gasteiger charge is 2.23. The summed E-state index contributed by atoms with van der Waals surface area (Å²) in [5.41, 5.74) is 2.57. The molecule has 0 aliphatic carbocycles. The summed E-state index contributed by atoms with van der Waals surface area (Å²) in [5, 5.41) is 12.0. The van der Waals surface area contributed by atoms with Crippen molar-refractivity contribution in [2.45, 2.75) is 38.8 Å². The molecule has 0 spiro atoms. The van der Waals surface area contributed by atoms with Gasteiger partial charge in [-0.15, -0.1) is 0 Å². The second-order valence-electron chi connectivity index (χ2n) is 7.26. The maximum atomic E-state index is 12.4. The van der Waals surface area contributed by atoms with Crippen LogP contribution in [0.3, 0.4) is 0 Å². The average molecular weight is 375 g/mol. The smallest absolute Gasteiger partial charge is 0.320 e. The van der Waals surface area contributed by atoms with E-state index in [-0.39, 0.29) is 12.5 Å². The number of hydrogen-bond donors (Lipinski definition) is 2. The lowest BCUT2D eigenvalue weighted by molar-refractivity contribution is -0.140. The Morgan fingerprint density at radius 1 is 1.26 bits per heavy atom. The van der Waals surface area contributed by atoms with E-state index in [1.54, 1.807) is 0 Å². The first-order chi connectivity index (χ1) is 13.1. The molecule has 1 atom stereocenters. The quantitative estimate of drug-likeness (QED) is 0.708. The largest absolute Gasteiger partial charge is 0.493 e. The Bertz CT molecular complexity index is 671. The molecule has 2 N–H and O–H groups in total. The van der Waals surface area contributed by atoms with Crippen LogP contribution in [0.1, 0.15) is 30.9 Å². The molecule has 1 aromatic rings. The number of nitrogens with zero attached hydrogens (tertiary/aromatic N) is 2. The van der Waals surface area contributed by atoms with Crippen molar-refractivity contribution in [3.05, 3.63) is 29.3 Å². The highest BCUT2D eigenvalue weighted by molar-refractivity contribution is 5.80. The summed E-state index contributed by atoms with van der Waals surface area (Å²) in [5.74, 6) is 0.0882. The lowest BCUT2D eigenvalue weighted by atomic mass is 10.1. The van der Waals surface area contributed by atoms with E-state index < -0.39 is 12.0 Å². The number of rotatable bonds is 8. The van der Waals surface area contributed by atoms with Crippen molar-refractivity contribution in [2.24, 2.45) is 0 Å². The van der Waals surface area contributed by atoms with Crippen LogP contribution in [0, 0.1) is 0 Å². The molecule has 1 unspecified atom stereocenters. The zero-order valence-electron chi connectivity index (χ0n) is 15.9. The van der Waals surface area contributed by atoms with Gasteiger partial charge in [-0.3, -0.25) is 19.8 Å². The molecule has 7 heteroatoms. The van der Waals surface area contributed by atoms with E-state index in [4.69, 9.17) is 9.84 Å². The fraction of sp³-hybridized carbons (Fsp3) is 0.600. The van der Waals surface area contributed by atoms with Crippen molar-refractivity contribution in [3.8, 4) is 5.75 Å². The molecular weight excluding hydrogens is 346 g/mol. The summed E-state index contributed by atoms with van der Waals surface area (Å²) in [6, 6.07) is 5.75. The molecule has 2 aliphatic rings. The Morgan fingerprint density at radius 2 is 2.04 bits per heavy atom. The summed E-state index contributed by atoms with van der Waals surface area (Å²) < 4.78 is 5.55. The van der Waals surface area contributed by atoms with E-state index in [0.717, 1.165) is 44.8 Å². The lowest BCUT2D eigenvalue weighted by Crippen LogP contribution is -2.51. The van der Waals surface area contributed by atoms with Crippen LogP contribution in [0.2, 0.25) is 0 Å². The van der Waals surface area contributed by atoms with Gasteiger partial charge < -0.3 is 14.7 Å². The molecule has 148 valence electrons. The van der Waals surface area contributed by atoms with Crippen LogP contribution in [0.15, 0.2) is 18.2 Å². The predicted octanol–water partition coefficient (Wildman–Crippen LogP) is 1.11. The minimum absolute atomic E-state index is 0.0216. The van der Waals surface area contributed by atoms with Crippen LogP contribution in [0.25, 0.3) is 0 Å². The van der Waals surface area contributed by atoms with Crippen LogP contribution < -0.4 is 10.1 Å². The first kappa shape index (κ1) is 19.6. The van der Waals surface area contributed by atoms with Gasteiger partial charge in [-0.05, 0) is 23.6 Å². The standard InChI is InChI=1S/C20H29N3O4/c1-2-3-17(20(25)26)21-13-19(24)23-9-7-22(8-10-23)14-15-4-5-18-16(12-15)6-11-27-18/h4-5,12,17,21H,2-3,6-11,13-14H2,1H3,(H,25,26). The SMILES string of the molecule is CCCC(NCC(=O)N1CCN(Cc2ccc3c(c2)CCO3)CC1)C(=O)O. The highest BCUT2D eigenvalue weighted by atomic mass is 16.5.